The number of halogens is 1. The van der Waals surface area contributed by atoms with Gasteiger partial charge in [-0.3, -0.25) is 0 Å². The maximum Gasteiger partial charge on any atom is 0.340 e. The second-order valence-electron chi connectivity index (χ2n) is 2.53. The highest BCUT2D eigenvalue weighted by molar-refractivity contribution is 6.35. The van der Waals surface area contributed by atoms with E-state index < -0.39 is 5.97 Å². The second-order valence-corrected chi connectivity index (χ2v) is 2.91. The Balaban J connectivity index is 3.24. The Labute approximate surface area is 86.6 Å². The van der Waals surface area contributed by atoms with Gasteiger partial charge in [0.2, 0.25) is 0 Å². The number of carbonyl (C=O) groups is 1. The van der Waals surface area contributed by atoms with Crippen molar-refractivity contribution in [3.05, 3.63) is 22.7 Å². The maximum atomic E-state index is 11.2. The summed E-state index contributed by atoms with van der Waals surface area (Å²) in [7, 11) is 2.75. The van der Waals surface area contributed by atoms with Gasteiger partial charge in [-0.05, 0) is 12.1 Å². The largest absolute Gasteiger partial charge is 0.495 e. The molecule has 0 fully saturated rings. The molecule has 1 rings (SSSR count). The summed E-state index contributed by atoms with van der Waals surface area (Å²) in [5.74, 6) is -0.0936. The van der Waals surface area contributed by atoms with Crippen LogP contribution in [0, 0.1) is 0 Å². The Kier molecular flexibility index (Phi) is 3.19. The normalized spacial score (nSPS) is 9.64. The minimum absolute atomic E-state index is 0.165. The molecule has 0 spiro atoms. The second kappa shape index (κ2) is 4.19. The molecule has 0 saturated carbocycles. The van der Waals surface area contributed by atoms with Gasteiger partial charge in [-0.25, -0.2) is 4.79 Å². The fraction of sp³-hybridized carbons (Fsp3) is 0.222. The van der Waals surface area contributed by atoms with Crippen molar-refractivity contribution >= 4 is 23.3 Å². The summed E-state index contributed by atoms with van der Waals surface area (Å²) in [6.07, 6.45) is 0. The van der Waals surface area contributed by atoms with Crippen LogP contribution in [0.25, 0.3) is 0 Å². The van der Waals surface area contributed by atoms with Crippen LogP contribution in [0.15, 0.2) is 12.1 Å². The van der Waals surface area contributed by atoms with E-state index in [1.165, 1.54) is 20.3 Å². The Bertz CT molecular complexity index is 365. The van der Waals surface area contributed by atoms with Crippen LogP contribution < -0.4 is 10.5 Å². The summed E-state index contributed by atoms with van der Waals surface area (Å²) in [5.41, 5.74) is 6.02. The Morgan fingerprint density at radius 3 is 2.57 bits per heavy atom. The van der Waals surface area contributed by atoms with Crippen molar-refractivity contribution in [2.45, 2.75) is 0 Å². The molecule has 76 valence electrons. The van der Waals surface area contributed by atoms with E-state index in [4.69, 9.17) is 22.1 Å². The summed E-state index contributed by atoms with van der Waals surface area (Å²) < 4.78 is 9.46. The highest BCUT2D eigenvalue weighted by Crippen LogP contribution is 2.32. The van der Waals surface area contributed by atoms with Crippen LogP contribution in [0.2, 0.25) is 5.02 Å². The van der Waals surface area contributed by atoms with Crippen molar-refractivity contribution in [3.63, 3.8) is 0 Å². The summed E-state index contributed by atoms with van der Waals surface area (Å²) in [6.45, 7) is 0. The molecule has 0 heterocycles. The lowest BCUT2D eigenvalue weighted by Gasteiger charge is -2.08. The molecule has 1 aromatic rings. The molecule has 14 heavy (non-hydrogen) atoms. The van der Waals surface area contributed by atoms with Gasteiger partial charge in [0.15, 0.2) is 0 Å². The van der Waals surface area contributed by atoms with E-state index in [1.807, 2.05) is 0 Å². The van der Waals surface area contributed by atoms with Crippen LogP contribution >= 0.6 is 11.6 Å². The monoisotopic (exact) mass is 215 g/mol. The Morgan fingerprint density at radius 1 is 1.43 bits per heavy atom. The zero-order chi connectivity index (χ0) is 10.7. The number of rotatable bonds is 2. The number of carbonyl (C=O) groups excluding carboxylic acids is 1. The van der Waals surface area contributed by atoms with Gasteiger partial charge in [0.05, 0.1) is 25.5 Å². The summed E-state index contributed by atoms with van der Waals surface area (Å²) in [6, 6.07) is 3.07. The van der Waals surface area contributed by atoms with Gasteiger partial charge in [0.1, 0.15) is 10.8 Å². The summed E-state index contributed by atoms with van der Waals surface area (Å²) in [4.78, 5) is 11.2. The molecule has 0 amide bonds. The molecular weight excluding hydrogens is 206 g/mol. The molecule has 0 aliphatic carbocycles. The number of nitrogen functional groups attached to an aromatic ring is 1. The van der Waals surface area contributed by atoms with E-state index >= 15 is 0 Å². The molecule has 0 saturated heterocycles. The van der Waals surface area contributed by atoms with Crippen molar-refractivity contribution in [1.82, 2.24) is 0 Å². The van der Waals surface area contributed by atoms with E-state index in [1.54, 1.807) is 6.07 Å². The van der Waals surface area contributed by atoms with Crippen LogP contribution in [0.4, 0.5) is 5.69 Å². The molecule has 1 aromatic carbocycles. The third-order valence-electron chi connectivity index (χ3n) is 1.77. The average Bonchev–Trinajstić information content (AvgIpc) is 2.21. The summed E-state index contributed by atoms with van der Waals surface area (Å²) in [5, 5.41) is 0.218. The van der Waals surface area contributed by atoms with Gasteiger partial charge < -0.3 is 15.2 Å². The smallest absolute Gasteiger partial charge is 0.340 e. The van der Waals surface area contributed by atoms with Gasteiger partial charge >= 0.3 is 5.97 Å². The molecule has 0 aliphatic heterocycles. The first-order valence-electron chi connectivity index (χ1n) is 3.82. The Morgan fingerprint density at radius 2 is 2.07 bits per heavy atom. The van der Waals surface area contributed by atoms with Gasteiger partial charge in [-0.2, -0.15) is 0 Å². The highest BCUT2D eigenvalue weighted by Gasteiger charge is 2.15. The number of anilines is 1. The molecule has 0 aliphatic rings. The number of nitrogens with two attached hydrogens (primary N) is 1. The number of methoxy groups -OCH3 is 2. The van der Waals surface area contributed by atoms with E-state index in [9.17, 15) is 4.79 Å². The molecule has 5 heteroatoms. The molecule has 4 nitrogen and oxygen atoms in total. The van der Waals surface area contributed by atoms with Crippen molar-refractivity contribution in [2.75, 3.05) is 20.0 Å². The van der Waals surface area contributed by atoms with E-state index in [0.29, 0.717) is 5.75 Å². The van der Waals surface area contributed by atoms with Gasteiger partial charge in [0.25, 0.3) is 0 Å². The predicted molar refractivity (Wildman–Crippen MR) is 53.8 cm³/mol. The van der Waals surface area contributed by atoms with Gasteiger partial charge in [-0.1, -0.05) is 11.6 Å². The molecular formula is C9H10ClNO3. The fourth-order valence-electron chi connectivity index (χ4n) is 1.02. The van der Waals surface area contributed by atoms with E-state index in [-0.39, 0.29) is 16.3 Å². The minimum Gasteiger partial charge on any atom is -0.495 e. The van der Waals surface area contributed by atoms with E-state index in [2.05, 4.69) is 4.74 Å². The number of benzene rings is 1. The minimum atomic E-state index is -0.521. The molecule has 0 aromatic heterocycles. The molecule has 0 bridgehead atoms. The van der Waals surface area contributed by atoms with Crippen LogP contribution in [-0.4, -0.2) is 20.2 Å². The lowest BCUT2D eigenvalue weighted by molar-refractivity contribution is 0.0602. The number of hydrogen-bond acceptors (Lipinski definition) is 4. The van der Waals surface area contributed by atoms with Crippen molar-refractivity contribution in [1.29, 1.82) is 0 Å². The highest BCUT2D eigenvalue weighted by atomic mass is 35.5. The standard InChI is InChI=1S/C9H10ClNO3/c1-13-6-4-3-5(9(12)14-2)8(11)7(6)10/h3-4H,11H2,1-2H3. The Hall–Kier alpha value is -1.42. The third kappa shape index (κ3) is 1.75. The van der Waals surface area contributed by atoms with Crippen LogP contribution in [-0.2, 0) is 4.74 Å². The number of esters is 1. The van der Waals surface area contributed by atoms with Crippen LogP contribution in [0.3, 0.4) is 0 Å². The quantitative estimate of drug-likeness (QED) is 0.603. The van der Waals surface area contributed by atoms with Crippen molar-refractivity contribution in [2.24, 2.45) is 0 Å². The number of ether oxygens (including phenoxy) is 2. The lowest BCUT2D eigenvalue weighted by Crippen LogP contribution is -2.06. The molecule has 0 radical (unpaired) electrons. The first-order chi connectivity index (χ1) is 6.61. The SMILES string of the molecule is COC(=O)c1ccc(OC)c(Cl)c1N. The van der Waals surface area contributed by atoms with Crippen molar-refractivity contribution < 1.29 is 14.3 Å². The molecule has 2 N–H and O–H groups in total. The van der Waals surface area contributed by atoms with Crippen LogP contribution in [0.1, 0.15) is 10.4 Å². The topological polar surface area (TPSA) is 61.5 Å². The van der Waals surface area contributed by atoms with Gasteiger partial charge in [0, 0.05) is 0 Å². The van der Waals surface area contributed by atoms with Gasteiger partial charge in [-0.15, -0.1) is 0 Å². The number of hydrogen-bond donors (Lipinski definition) is 1. The summed E-state index contributed by atoms with van der Waals surface area (Å²) >= 11 is 5.84. The fourth-order valence-corrected chi connectivity index (χ4v) is 1.26. The first kappa shape index (κ1) is 10.7. The third-order valence-corrected chi connectivity index (χ3v) is 2.16. The average molecular weight is 216 g/mol. The predicted octanol–water partition coefficient (Wildman–Crippen LogP) is 1.72. The van der Waals surface area contributed by atoms with Crippen molar-refractivity contribution in [3.8, 4) is 5.75 Å². The maximum absolute atomic E-state index is 11.2. The first-order valence-corrected chi connectivity index (χ1v) is 4.20. The zero-order valence-electron chi connectivity index (χ0n) is 7.83. The zero-order valence-corrected chi connectivity index (χ0v) is 8.59. The molecule has 0 unspecified atom stereocenters. The molecule has 0 atom stereocenters. The van der Waals surface area contributed by atoms with Crippen LogP contribution in [0.5, 0.6) is 5.75 Å². The van der Waals surface area contributed by atoms with E-state index in [0.717, 1.165) is 0 Å². The lowest BCUT2D eigenvalue weighted by atomic mass is 10.2.